The summed E-state index contributed by atoms with van der Waals surface area (Å²) < 4.78 is 31.3. The van der Waals surface area contributed by atoms with E-state index in [4.69, 9.17) is 16.3 Å². The van der Waals surface area contributed by atoms with Gasteiger partial charge < -0.3 is 15.4 Å². The normalized spacial score (nSPS) is 13.5. The Labute approximate surface area is 184 Å². The van der Waals surface area contributed by atoms with Gasteiger partial charge in [-0.1, -0.05) is 30.7 Å². The summed E-state index contributed by atoms with van der Waals surface area (Å²) in [5, 5.41) is 6.88. The van der Waals surface area contributed by atoms with Crippen molar-refractivity contribution in [2.45, 2.75) is 38.8 Å². The Hall–Kier alpha value is -0.780. The number of para-hydroxylation sites is 1. The molecular formula is C17H30ClIN4O3S. The predicted molar refractivity (Wildman–Crippen MR) is 123 cm³/mol. The monoisotopic (exact) mass is 532 g/mol. The molecule has 0 saturated heterocycles. The van der Waals surface area contributed by atoms with Crippen molar-refractivity contribution in [3.63, 3.8) is 0 Å². The Morgan fingerprint density at radius 2 is 1.93 bits per heavy atom. The minimum atomic E-state index is -3.29. The summed E-state index contributed by atoms with van der Waals surface area (Å²) >= 11 is 6.13. The first kappa shape index (κ1) is 26.2. The van der Waals surface area contributed by atoms with Crippen LogP contribution in [0.25, 0.3) is 0 Å². The molecule has 0 spiro atoms. The fourth-order valence-electron chi connectivity index (χ4n) is 2.26. The Morgan fingerprint density at radius 3 is 2.44 bits per heavy atom. The molecule has 1 atom stereocenters. The average Bonchev–Trinajstić information content (AvgIpc) is 2.53. The molecule has 0 fully saturated rings. The van der Waals surface area contributed by atoms with Crippen molar-refractivity contribution in [3.8, 4) is 5.75 Å². The number of nitrogens with one attached hydrogen (secondary N) is 3. The summed E-state index contributed by atoms with van der Waals surface area (Å²) in [6, 6.07) is 7.34. The van der Waals surface area contributed by atoms with Crippen LogP contribution in [0.5, 0.6) is 5.75 Å². The second-order valence-electron chi connectivity index (χ2n) is 6.64. The third-order valence-electron chi connectivity index (χ3n) is 3.47. The number of aliphatic imine (C=N–C) groups is 1. The highest BCUT2D eigenvalue weighted by Crippen LogP contribution is 2.24. The highest BCUT2D eigenvalue weighted by atomic mass is 127. The molecule has 7 nitrogen and oxygen atoms in total. The van der Waals surface area contributed by atoms with E-state index in [9.17, 15) is 8.42 Å². The molecule has 3 N–H and O–H groups in total. The number of ether oxygens (including phenoxy) is 1. The van der Waals surface area contributed by atoms with Crippen LogP contribution in [0.1, 0.15) is 27.2 Å². The molecule has 1 aromatic rings. The lowest BCUT2D eigenvalue weighted by Crippen LogP contribution is -2.53. The maximum atomic E-state index is 11.4. The standard InChI is InChI=1S/C17H29ClN4O3S.HI/c1-6-13(25-15-10-8-7-9-14(15)18)11-20-16(19-4)21-12-17(2,3)22-26(5,23)24;/h7-10,13,22H,6,11-12H2,1-5H3,(H2,19,20,21);1H. The van der Waals surface area contributed by atoms with Crippen LogP contribution in [-0.2, 0) is 10.0 Å². The maximum Gasteiger partial charge on any atom is 0.209 e. The second-order valence-corrected chi connectivity index (χ2v) is 8.80. The number of hydrogen-bond acceptors (Lipinski definition) is 4. The van der Waals surface area contributed by atoms with Crippen molar-refractivity contribution in [2.24, 2.45) is 4.99 Å². The summed E-state index contributed by atoms with van der Waals surface area (Å²) in [7, 11) is -1.63. The number of rotatable bonds is 9. The zero-order valence-electron chi connectivity index (χ0n) is 16.4. The van der Waals surface area contributed by atoms with Gasteiger partial charge in [-0.05, 0) is 32.4 Å². The molecule has 0 saturated carbocycles. The summed E-state index contributed by atoms with van der Waals surface area (Å²) in [6.07, 6.45) is 1.84. The lowest BCUT2D eigenvalue weighted by atomic mass is 10.1. The largest absolute Gasteiger partial charge is 0.487 e. The number of guanidine groups is 1. The van der Waals surface area contributed by atoms with Gasteiger partial charge in [-0.15, -0.1) is 24.0 Å². The molecule has 0 bridgehead atoms. The lowest BCUT2D eigenvalue weighted by molar-refractivity contribution is 0.199. The Morgan fingerprint density at radius 1 is 1.30 bits per heavy atom. The van der Waals surface area contributed by atoms with E-state index in [-0.39, 0.29) is 30.1 Å². The van der Waals surface area contributed by atoms with E-state index in [2.05, 4.69) is 20.3 Å². The second kappa shape index (κ2) is 11.9. The fourth-order valence-corrected chi connectivity index (χ4v) is 3.52. The topological polar surface area (TPSA) is 91.8 Å². The van der Waals surface area contributed by atoms with Crippen molar-refractivity contribution in [3.05, 3.63) is 29.3 Å². The van der Waals surface area contributed by atoms with Gasteiger partial charge in [-0.3, -0.25) is 4.99 Å². The number of sulfonamides is 1. The van der Waals surface area contributed by atoms with Crippen LogP contribution in [0.15, 0.2) is 29.3 Å². The van der Waals surface area contributed by atoms with Crippen molar-refractivity contribution in [1.29, 1.82) is 0 Å². The average molecular weight is 533 g/mol. The van der Waals surface area contributed by atoms with Gasteiger partial charge in [0.1, 0.15) is 11.9 Å². The number of benzene rings is 1. The molecule has 156 valence electrons. The van der Waals surface area contributed by atoms with Crippen molar-refractivity contribution >= 4 is 51.6 Å². The van der Waals surface area contributed by atoms with Crippen LogP contribution in [0.4, 0.5) is 0 Å². The minimum absolute atomic E-state index is 0. The quantitative estimate of drug-likeness (QED) is 0.258. The van der Waals surface area contributed by atoms with Crippen LogP contribution in [0.2, 0.25) is 5.02 Å². The summed E-state index contributed by atoms with van der Waals surface area (Å²) in [5.74, 6) is 1.21. The first-order valence-electron chi connectivity index (χ1n) is 8.41. The molecule has 1 aromatic carbocycles. The number of halogens is 2. The van der Waals surface area contributed by atoms with Crippen LogP contribution in [-0.4, -0.2) is 52.4 Å². The van der Waals surface area contributed by atoms with Crippen LogP contribution < -0.4 is 20.1 Å². The van der Waals surface area contributed by atoms with E-state index in [1.807, 2.05) is 25.1 Å². The lowest BCUT2D eigenvalue weighted by Gasteiger charge is -2.27. The summed E-state index contributed by atoms with van der Waals surface area (Å²) in [5.41, 5.74) is -0.649. The van der Waals surface area contributed by atoms with E-state index in [1.54, 1.807) is 27.0 Å². The summed E-state index contributed by atoms with van der Waals surface area (Å²) in [6.45, 7) is 6.52. The third-order valence-corrected chi connectivity index (χ3v) is 4.70. The molecule has 0 aliphatic rings. The first-order chi connectivity index (χ1) is 12.1. The minimum Gasteiger partial charge on any atom is -0.487 e. The van der Waals surface area contributed by atoms with Crippen molar-refractivity contribution < 1.29 is 13.2 Å². The van der Waals surface area contributed by atoms with Gasteiger partial charge in [-0.25, -0.2) is 13.1 Å². The van der Waals surface area contributed by atoms with Crippen LogP contribution in [0.3, 0.4) is 0 Å². The van der Waals surface area contributed by atoms with Gasteiger partial charge in [0.25, 0.3) is 0 Å². The molecule has 0 heterocycles. The molecule has 0 aliphatic carbocycles. The van der Waals surface area contributed by atoms with E-state index >= 15 is 0 Å². The maximum absolute atomic E-state index is 11.4. The Bertz CT molecular complexity index is 714. The number of hydrogen-bond donors (Lipinski definition) is 3. The van der Waals surface area contributed by atoms with E-state index in [0.717, 1.165) is 12.7 Å². The van der Waals surface area contributed by atoms with Gasteiger partial charge in [-0.2, -0.15) is 0 Å². The molecule has 1 unspecified atom stereocenters. The van der Waals surface area contributed by atoms with Crippen LogP contribution in [0, 0.1) is 0 Å². The van der Waals surface area contributed by atoms with Gasteiger partial charge >= 0.3 is 0 Å². The van der Waals surface area contributed by atoms with E-state index in [1.165, 1.54) is 0 Å². The molecular weight excluding hydrogens is 503 g/mol. The molecule has 0 aliphatic heterocycles. The smallest absolute Gasteiger partial charge is 0.209 e. The van der Waals surface area contributed by atoms with E-state index < -0.39 is 15.6 Å². The number of nitrogens with zero attached hydrogens (tertiary/aromatic N) is 1. The van der Waals surface area contributed by atoms with E-state index in [0.29, 0.717) is 29.8 Å². The van der Waals surface area contributed by atoms with Gasteiger partial charge in [0, 0.05) is 19.1 Å². The Kier molecular flexibility index (Phi) is 11.6. The first-order valence-corrected chi connectivity index (χ1v) is 10.7. The van der Waals surface area contributed by atoms with Crippen LogP contribution >= 0.6 is 35.6 Å². The SMILES string of the molecule is CCC(CNC(=NC)NCC(C)(C)NS(C)(=O)=O)Oc1ccccc1Cl.I. The third kappa shape index (κ3) is 11.0. The predicted octanol–water partition coefficient (Wildman–Crippen LogP) is 2.61. The highest BCUT2D eigenvalue weighted by Gasteiger charge is 2.22. The van der Waals surface area contributed by atoms with Crippen molar-refractivity contribution in [2.75, 3.05) is 26.4 Å². The zero-order chi connectivity index (χ0) is 19.8. The fraction of sp³-hybridized carbons (Fsp3) is 0.588. The van der Waals surface area contributed by atoms with Gasteiger partial charge in [0.05, 0.1) is 17.8 Å². The molecule has 0 amide bonds. The summed E-state index contributed by atoms with van der Waals surface area (Å²) in [4.78, 5) is 4.15. The van der Waals surface area contributed by atoms with Gasteiger partial charge in [0.2, 0.25) is 10.0 Å². The molecule has 27 heavy (non-hydrogen) atoms. The Balaban J connectivity index is 0.00000676. The molecule has 1 rings (SSSR count). The van der Waals surface area contributed by atoms with Gasteiger partial charge in [0.15, 0.2) is 5.96 Å². The molecule has 0 radical (unpaired) electrons. The molecule has 0 aromatic heterocycles. The highest BCUT2D eigenvalue weighted by molar-refractivity contribution is 14.0. The molecule has 10 heteroatoms. The zero-order valence-corrected chi connectivity index (χ0v) is 20.3. The van der Waals surface area contributed by atoms with Crippen molar-refractivity contribution in [1.82, 2.24) is 15.4 Å².